The molecule has 2 nitrogen and oxygen atoms in total. The van der Waals surface area contributed by atoms with Gasteiger partial charge in [-0.15, -0.1) is 0 Å². The monoisotopic (exact) mass is 207 g/mol. The summed E-state index contributed by atoms with van der Waals surface area (Å²) in [5.41, 5.74) is 5.21. The van der Waals surface area contributed by atoms with Crippen molar-refractivity contribution < 1.29 is 4.74 Å². The molecular weight excluding hydrogens is 186 g/mol. The Labute approximate surface area is 92.6 Å². The van der Waals surface area contributed by atoms with Gasteiger partial charge in [-0.05, 0) is 63.0 Å². The van der Waals surface area contributed by atoms with E-state index in [4.69, 9.17) is 4.74 Å². The van der Waals surface area contributed by atoms with Crippen LogP contribution >= 0.6 is 0 Å². The molecule has 0 heterocycles. The molecule has 0 bridgehead atoms. The maximum Gasteiger partial charge on any atom is 0.125 e. The van der Waals surface area contributed by atoms with Crippen molar-refractivity contribution in [3.8, 4) is 5.75 Å². The largest absolute Gasteiger partial charge is 0.496 e. The Morgan fingerprint density at radius 3 is 2.40 bits per heavy atom. The van der Waals surface area contributed by atoms with Crippen molar-refractivity contribution in [1.82, 2.24) is 5.32 Å². The number of hydrogen-bond acceptors (Lipinski definition) is 2. The van der Waals surface area contributed by atoms with Gasteiger partial charge in [0.2, 0.25) is 0 Å². The lowest BCUT2D eigenvalue weighted by molar-refractivity contribution is 0.405. The molecule has 0 aliphatic rings. The molecule has 0 saturated carbocycles. The average molecular weight is 207 g/mol. The first-order valence-electron chi connectivity index (χ1n) is 5.40. The summed E-state index contributed by atoms with van der Waals surface area (Å²) in [6.07, 6.45) is 1.02. The zero-order valence-corrected chi connectivity index (χ0v) is 10.4. The molecule has 0 spiro atoms. The molecule has 2 heteroatoms. The summed E-state index contributed by atoms with van der Waals surface area (Å²) in [4.78, 5) is 0. The van der Waals surface area contributed by atoms with Gasteiger partial charge in [-0.2, -0.15) is 0 Å². The summed E-state index contributed by atoms with van der Waals surface area (Å²) in [5, 5.41) is 3.17. The molecule has 0 radical (unpaired) electrons. The normalized spacial score (nSPS) is 10.5. The third-order valence-corrected chi connectivity index (χ3v) is 2.94. The van der Waals surface area contributed by atoms with Crippen LogP contribution in [0.1, 0.15) is 22.3 Å². The van der Waals surface area contributed by atoms with Crippen molar-refractivity contribution in [3.63, 3.8) is 0 Å². The highest BCUT2D eigenvalue weighted by Gasteiger charge is 2.11. The zero-order valence-electron chi connectivity index (χ0n) is 10.4. The van der Waals surface area contributed by atoms with Gasteiger partial charge in [0.25, 0.3) is 0 Å². The van der Waals surface area contributed by atoms with Crippen LogP contribution in [0.25, 0.3) is 0 Å². The third kappa shape index (κ3) is 2.51. The standard InChI is InChI=1S/C13H21NO/c1-9-8-10(2)12(6-7-14-4)13(15-5)11(9)3/h8,14H,6-7H2,1-5H3. The number of nitrogens with one attached hydrogen (secondary N) is 1. The Balaban J connectivity index is 3.16. The number of hydrogen-bond donors (Lipinski definition) is 1. The molecule has 0 saturated heterocycles. The smallest absolute Gasteiger partial charge is 0.125 e. The zero-order chi connectivity index (χ0) is 11.4. The number of likely N-dealkylation sites (N-methyl/N-ethyl adjacent to an activating group) is 1. The van der Waals surface area contributed by atoms with E-state index in [1.165, 1.54) is 22.3 Å². The first kappa shape index (κ1) is 12.1. The first-order valence-corrected chi connectivity index (χ1v) is 5.40. The third-order valence-electron chi connectivity index (χ3n) is 2.94. The second kappa shape index (κ2) is 5.17. The molecule has 15 heavy (non-hydrogen) atoms. The van der Waals surface area contributed by atoms with Gasteiger partial charge in [-0.1, -0.05) is 6.07 Å². The molecule has 1 aromatic rings. The fourth-order valence-corrected chi connectivity index (χ4v) is 1.94. The van der Waals surface area contributed by atoms with Gasteiger partial charge in [0.15, 0.2) is 0 Å². The second-order valence-corrected chi connectivity index (χ2v) is 4.00. The van der Waals surface area contributed by atoms with E-state index >= 15 is 0 Å². The quantitative estimate of drug-likeness (QED) is 0.818. The van der Waals surface area contributed by atoms with Crippen LogP contribution in [0, 0.1) is 20.8 Å². The average Bonchev–Trinajstić information content (AvgIpc) is 2.21. The summed E-state index contributed by atoms with van der Waals surface area (Å²) >= 11 is 0. The van der Waals surface area contributed by atoms with Crippen molar-refractivity contribution >= 4 is 0 Å². The number of benzene rings is 1. The number of aryl methyl sites for hydroxylation is 2. The van der Waals surface area contributed by atoms with Gasteiger partial charge in [-0.3, -0.25) is 0 Å². The number of methoxy groups -OCH3 is 1. The summed E-state index contributed by atoms with van der Waals surface area (Å²) < 4.78 is 5.51. The van der Waals surface area contributed by atoms with Gasteiger partial charge in [0, 0.05) is 0 Å². The van der Waals surface area contributed by atoms with E-state index in [2.05, 4.69) is 32.2 Å². The molecule has 1 rings (SSSR count). The van der Waals surface area contributed by atoms with Crippen LogP contribution in [0.5, 0.6) is 5.75 Å². The van der Waals surface area contributed by atoms with Crippen LogP contribution in [0.2, 0.25) is 0 Å². The van der Waals surface area contributed by atoms with Crippen molar-refractivity contribution in [3.05, 3.63) is 28.3 Å². The summed E-state index contributed by atoms with van der Waals surface area (Å²) in [5.74, 6) is 1.06. The maximum absolute atomic E-state index is 5.51. The van der Waals surface area contributed by atoms with Gasteiger partial charge >= 0.3 is 0 Å². The highest BCUT2D eigenvalue weighted by atomic mass is 16.5. The predicted octanol–water partition coefficient (Wildman–Crippen LogP) is 2.38. The van der Waals surface area contributed by atoms with Crippen LogP contribution in [0.3, 0.4) is 0 Å². The van der Waals surface area contributed by atoms with E-state index in [1.54, 1.807) is 7.11 Å². The van der Waals surface area contributed by atoms with Crippen molar-refractivity contribution in [2.24, 2.45) is 0 Å². The summed E-state index contributed by atoms with van der Waals surface area (Å²) in [7, 11) is 3.73. The molecule has 0 aliphatic carbocycles. The fourth-order valence-electron chi connectivity index (χ4n) is 1.94. The molecular formula is C13H21NO. The van der Waals surface area contributed by atoms with Gasteiger partial charge in [0.05, 0.1) is 7.11 Å². The Kier molecular flexibility index (Phi) is 4.15. The van der Waals surface area contributed by atoms with Gasteiger partial charge < -0.3 is 10.1 Å². The maximum atomic E-state index is 5.51. The molecule has 84 valence electrons. The van der Waals surface area contributed by atoms with Crippen molar-refractivity contribution in [2.45, 2.75) is 27.2 Å². The predicted molar refractivity (Wildman–Crippen MR) is 64.8 cm³/mol. The fraction of sp³-hybridized carbons (Fsp3) is 0.538. The molecule has 0 aromatic heterocycles. The van der Waals surface area contributed by atoms with Crippen LogP contribution in [0.15, 0.2) is 6.07 Å². The van der Waals surface area contributed by atoms with Crippen molar-refractivity contribution in [2.75, 3.05) is 20.7 Å². The lowest BCUT2D eigenvalue weighted by Gasteiger charge is -2.16. The molecule has 1 N–H and O–H groups in total. The highest BCUT2D eigenvalue weighted by Crippen LogP contribution is 2.29. The lowest BCUT2D eigenvalue weighted by Crippen LogP contribution is -2.12. The number of ether oxygens (including phenoxy) is 1. The van der Waals surface area contributed by atoms with Crippen LogP contribution in [0.4, 0.5) is 0 Å². The van der Waals surface area contributed by atoms with E-state index in [-0.39, 0.29) is 0 Å². The molecule has 0 unspecified atom stereocenters. The van der Waals surface area contributed by atoms with Gasteiger partial charge in [-0.25, -0.2) is 0 Å². The Hall–Kier alpha value is -1.02. The van der Waals surface area contributed by atoms with Crippen LogP contribution in [-0.4, -0.2) is 20.7 Å². The van der Waals surface area contributed by atoms with E-state index in [1.807, 2.05) is 7.05 Å². The van der Waals surface area contributed by atoms with Crippen LogP contribution in [-0.2, 0) is 6.42 Å². The minimum absolute atomic E-state index is 0.986. The first-order chi connectivity index (χ1) is 7.11. The summed E-state index contributed by atoms with van der Waals surface area (Å²) in [6.45, 7) is 7.39. The minimum atomic E-state index is 0.986. The molecule has 0 fully saturated rings. The Morgan fingerprint density at radius 1 is 1.20 bits per heavy atom. The molecule has 0 atom stereocenters. The van der Waals surface area contributed by atoms with Crippen molar-refractivity contribution in [1.29, 1.82) is 0 Å². The van der Waals surface area contributed by atoms with E-state index < -0.39 is 0 Å². The van der Waals surface area contributed by atoms with Crippen LogP contribution < -0.4 is 10.1 Å². The van der Waals surface area contributed by atoms with Gasteiger partial charge in [0.1, 0.15) is 5.75 Å². The second-order valence-electron chi connectivity index (χ2n) is 4.00. The topological polar surface area (TPSA) is 21.3 Å². The molecule has 0 amide bonds. The Bertz CT molecular complexity index is 345. The molecule has 0 aliphatic heterocycles. The Morgan fingerprint density at radius 2 is 1.87 bits per heavy atom. The summed E-state index contributed by atoms with van der Waals surface area (Å²) in [6, 6.07) is 2.24. The van der Waals surface area contributed by atoms with E-state index in [0.29, 0.717) is 0 Å². The molecule has 1 aromatic carbocycles. The highest BCUT2D eigenvalue weighted by molar-refractivity contribution is 5.49. The number of rotatable bonds is 4. The van der Waals surface area contributed by atoms with E-state index in [9.17, 15) is 0 Å². The van der Waals surface area contributed by atoms with E-state index in [0.717, 1.165) is 18.7 Å². The lowest BCUT2D eigenvalue weighted by atomic mass is 9.97. The SMILES string of the molecule is CNCCc1c(C)cc(C)c(C)c1OC. The minimum Gasteiger partial charge on any atom is -0.496 e.